The third kappa shape index (κ3) is 4.85. The van der Waals surface area contributed by atoms with E-state index in [0.29, 0.717) is 38.0 Å². The van der Waals surface area contributed by atoms with Gasteiger partial charge in [-0.2, -0.15) is 0 Å². The van der Waals surface area contributed by atoms with Crippen LogP contribution in [0.5, 0.6) is 0 Å². The number of rotatable bonds is 7. The van der Waals surface area contributed by atoms with Gasteiger partial charge in [-0.15, -0.1) is 0 Å². The smallest absolute Gasteiger partial charge is 0.410 e. The zero-order chi connectivity index (χ0) is 27.1. The molecule has 2 aliphatic heterocycles. The van der Waals surface area contributed by atoms with Crippen molar-refractivity contribution in [3.8, 4) is 0 Å². The van der Waals surface area contributed by atoms with E-state index in [0.717, 1.165) is 35.0 Å². The van der Waals surface area contributed by atoms with Crippen LogP contribution in [0.1, 0.15) is 48.8 Å². The number of benzene rings is 2. The van der Waals surface area contributed by atoms with Crippen LogP contribution in [-0.2, 0) is 32.7 Å². The molecule has 6 rings (SSSR count). The molecule has 0 radical (unpaired) electrons. The highest BCUT2D eigenvalue weighted by molar-refractivity contribution is 6.00. The summed E-state index contributed by atoms with van der Waals surface area (Å²) in [6, 6.07) is 14.8. The first-order chi connectivity index (χ1) is 18.9. The van der Waals surface area contributed by atoms with Gasteiger partial charge in [-0.1, -0.05) is 42.5 Å². The van der Waals surface area contributed by atoms with Gasteiger partial charge in [-0.25, -0.2) is 9.59 Å². The summed E-state index contributed by atoms with van der Waals surface area (Å²) in [7, 11) is 1.74. The molecule has 0 spiro atoms. The molecule has 3 aromatic rings. The zero-order valence-corrected chi connectivity index (χ0v) is 21.9. The minimum atomic E-state index is -0.686. The van der Waals surface area contributed by atoms with E-state index in [-0.39, 0.29) is 36.8 Å². The molecule has 1 unspecified atom stereocenters. The van der Waals surface area contributed by atoms with Crippen molar-refractivity contribution in [2.75, 3.05) is 19.7 Å². The van der Waals surface area contributed by atoms with E-state index in [1.807, 2.05) is 42.5 Å². The van der Waals surface area contributed by atoms with Crippen molar-refractivity contribution in [3.63, 3.8) is 0 Å². The Kier molecular flexibility index (Phi) is 6.72. The summed E-state index contributed by atoms with van der Waals surface area (Å²) in [5, 5.41) is 2.36. The molecular weight excluding hydrogens is 500 g/mol. The fourth-order valence-electron chi connectivity index (χ4n) is 5.93. The van der Waals surface area contributed by atoms with Gasteiger partial charge in [0.25, 0.3) is 0 Å². The maximum atomic E-state index is 13.2. The van der Waals surface area contributed by atoms with Crippen LogP contribution in [0.15, 0.2) is 53.3 Å². The predicted molar refractivity (Wildman–Crippen MR) is 142 cm³/mol. The van der Waals surface area contributed by atoms with Gasteiger partial charge < -0.3 is 14.4 Å². The SMILES string of the molecule is Cn1c(=O)n(C2CCC(=O)NC2=O)c2cccc([C@H]3C[C@@H](COC4CN(C(=O)OCc5ccccc5)C4)C3)c21. The maximum absolute atomic E-state index is 13.2. The molecular formula is C29H32N4O6. The number of likely N-dealkylation sites (tertiary alicyclic amines) is 1. The average Bonchev–Trinajstić information content (AvgIpc) is 3.13. The van der Waals surface area contributed by atoms with Crippen molar-refractivity contribution in [2.45, 2.75) is 50.4 Å². The number of nitrogens with zero attached hydrogens (tertiary/aromatic N) is 3. The summed E-state index contributed by atoms with van der Waals surface area (Å²) in [6.45, 7) is 1.98. The number of hydrogen-bond acceptors (Lipinski definition) is 6. The second-order valence-corrected chi connectivity index (χ2v) is 10.8. The number of carbonyl (C=O) groups is 3. The van der Waals surface area contributed by atoms with Crippen LogP contribution in [-0.4, -0.2) is 57.7 Å². The van der Waals surface area contributed by atoms with Crippen molar-refractivity contribution in [1.29, 1.82) is 0 Å². The van der Waals surface area contributed by atoms with E-state index in [4.69, 9.17) is 9.47 Å². The van der Waals surface area contributed by atoms with Crippen LogP contribution in [0, 0.1) is 5.92 Å². The normalized spacial score (nSPS) is 23.3. The minimum Gasteiger partial charge on any atom is -0.445 e. The highest BCUT2D eigenvalue weighted by Gasteiger charge is 2.37. The third-order valence-corrected chi connectivity index (χ3v) is 8.21. The first kappa shape index (κ1) is 25.4. The number of aromatic nitrogens is 2. The van der Waals surface area contributed by atoms with Crippen molar-refractivity contribution in [3.05, 3.63) is 70.1 Å². The van der Waals surface area contributed by atoms with Gasteiger partial charge in [0, 0.05) is 20.1 Å². The lowest BCUT2D eigenvalue weighted by Gasteiger charge is -2.41. The van der Waals surface area contributed by atoms with E-state index in [1.54, 1.807) is 16.5 Å². The molecule has 1 saturated carbocycles. The van der Waals surface area contributed by atoms with Gasteiger partial charge in [-0.05, 0) is 48.3 Å². The maximum Gasteiger partial charge on any atom is 0.410 e. The quantitative estimate of drug-likeness (QED) is 0.469. The van der Waals surface area contributed by atoms with Gasteiger partial charge in [-0.3, -0.25) is 24.0 Å². The number of amides is 3. The van der Waals surface area contributed by atoms with Gasteiger partial charge >= 0.3 is 11.8 Å². The minimum absolute atomic E-state index is 0.0279. The van der Waals surface area contributed by atoms with E-state index in [9.17, 15) is 19.2 Å². The number of imide groups is 1. The largest absolute Gasteiger partial charge is 0.445 e. The molecule has 204 valence electrons. The van der Waals surface area contributed by atoms with Gasteiger partial charge in [0.05, 0.1) is 30.2 Å². The fourth-order valence-corrected chi connectivity index (χ4v) is 5.93. The molecule has 2 saturated heterocycles. The van der Waals surface area contributed by atoms with Crippen LogP contribution in [0.25, 0.3) is 11.0 Å². The van der Waals surface area contributed by atoms with Crippen LogP contribution < -0.4 is 11.0 Å². The van der Waals surface area contributed by atoms with Crippen molar-refractivity contribution >= 4 is 28.9 Å². The molecule has 3 fully saturated rings. The topological polar surface area (TPSA) is 112 Å². The number of aryl methyl sites for hydroxylation is 1. The van der Waals surface area contributed by atoms with E-state index >= 15 is 0 Å². The Labute approximate surface area is 225 Å². The average molecular weight is 533 g/mol. The first-order valence-corrected chi connectivity index (χ1v) is 13.5. The summed E-state index contributed by atoms with van der Waals surface area (Å²) in [5.74, 6) is -0.00775. The fraction of sp³-hybridized carbons (Fsp3) is 0.448. The second kappa shape index (κ2) is 10.3. The Bertz CT molecular complexity index is 1470. The number of imidazole rings is 1. The van der Waals surface area contributed by atoms with E-state index < -0.39 is 11.9 Å². The summed E-state index contributed by atoms with van der Waals surface area (Å²) in [4.78, 5) is 51.2. The molecule has 1 aliphatic carbocycles. The highest BCUT2D eigenvalue weighted by Crippen LogP contribution is 2.44. The summed E-state index contributed by atoms with van der Waals surface area (Å²) in [6.07, 6.45) is 2.15. The van der Waals surface area contributed by atoms with Gasteiger partial charge in [0.1, 0.15) is 12.6 Å². The van der Waals surface area contributed by atoms with Crippen molar-refractivity contribution in [1.82, 2.24) is 19.4 Å². The molecule has 10 heteroatoms. The summed E-state index contributed by atoms with van der Waals surface area (Å²) < 4.78 is 14.6. The number of ether oxygens (including phenoxy) is 2. The highest BCUT2D eigenvalue weighted by atomic mass is 16.6. The van der Waals surface area contributed by atoms with Crippen LogP contribution in [0.2, 0.25) is 0 Å². The zero-order valence-electron chi connectivity index (χ0n) is 21.9. The number of carbonyl (C=O) groups excluding carboxylic acids is 3. The summed E-state index contributed by atoms with van der Waals surface area (Å²) >= 11 is 0. The molecule has 3 amide bonds. The molecule has 10 nitrogen and oxygen atoms in total. The lowest BCUT2D eigenvalue weighted by molar-refractivity contribution is -0.135. The lowest BCUT2D eigenvalue weighted by atomic mass is 9.71. The van der Waals surface area contributed by atoms with Crippen molar-refractivity contribution in [2.24, 2.45) is 13.0 Å². The Balaban J connectivity index is 1.02. The first-order valence-electron chi connectivity index (χ1n) is 13.5. The van der Waals surface area contributed by atoms with Crippen molar-refractivity contribution < 1.29 is 23.9 Å². The molecule has 3 aliphatic rings. The Hall–Kier alpha value is -3.92. The predicted octanol–water partition coefficient (Wildman–Crippen LogP) is 2.85. The number of hydrogen-bond donors (Lipinski definition) is 1. The number of piperidine rings is 1. The molecule has 2 aromatic carbocycles. The molecule has 1 atom stereocenters. The lowest BCUT2D eigenvalue weighted by Crippen LogP contribution is -2.55. The molecule has 1 aromatic heterocycles. The van der Waals surface area contributed by atoms with Gasteiger partial charge in [0.15, 0.2) is 0 Å². The van der Waals surface area contributed by atoms with E-state index in [1.165, 1.54) is 4.57 Å². The second-order valence-electron chi connectivity index (χ2n) is 10.8. The molecule has 3 heterocycles. The molecule has 0 bridgehead atoms. The van der Waals surface area contributed by atoms with Crippen LogP contribution >= 0.6 is 0 Å². The summed E-state index contributed by atoms with van der Waals surface area (Å²) in [5.41, 5.74) is 3.39. The molecule has 1 N–H and O–H groups in total. The Morgan fingerprint density at radius 3 is 2.54 bits per heavy atom. The number of fused-ring (bicyclic) bond motifs is 1. The van der Waals surface area contributed by atoms with Crippen LogP contribution in [0.3, 0.4) is 0 Å². The molecule has 39 heavy (non-hydrogen) atoms. The number of para-hydroxylation sites is 1. The van der Waals surface area contributed by atoms with E-state index in [2.05, 4.69) is 11.4 Å². The monoisotopic (exact) mass is 532 g/mol. The Morgan fingerprint density at radius 2 is 1.79 bits per heavy atom. The standard InChI is InChI=1S/C29H32N4O6/c1-31-26-22(8-5-9-23(26)33(28(31)36)24-10-11-25(34)30-27(24)35)20-12-19(13-20)17-38-21-14-32(15-21)29(37)39-16-18-6-3-2-4-7-18/h2-9,19-21,24H,10-17H2,1H3,(H,30,34,35)/t19-,20+,24?. The van der Waals surface area contributed by atoms with Gasteiger partial charge in [0.2, 0.25) is 11.8 Å². The van der Waals surface area contributed by atoms with Crippen LogP contribution in [0.4, 0.5) is 4.79 Å². The third-order valence-electron chi connectivity index (χ3n) is 8.21. The Morgan fingerprint density at radius 1 is 1.03 bits per heavy atom. The number of nitrogens with one attached hydrogen (secondary N) is 1.